The lowest BCUT2D eigenvalue weighted by Crippen LogP contribution is -2.44. The zero-order valence-corrected chi connectivity index (χ0v) is 21.3. The highest BCUT2D eigenvalue weighted by atomic mass is 32.2. The lowest BCUT2D eigenvalue weighted by Gasteiger charge is -2.27. The summed E-state index contributed by atoms with van der Waals surface area (Å²) in [6.45, 7) is 1.10. The Labute approximate surface area is 223 Å². The standard InChI is InChI=1S/C28H25N3O6S/c32-26(29-13-4-1-5-14-29)17-30-27(33)25(38-28(30)34)16-23-22-10-3-2-8-20(22)11-12-24(23)37-18-19-7-6-9-21(15-19)31(35)36/h2-3,6-12,15-16H,1,4-5,13-14,17-18H2/b25-16-. The van der Waals surface area contributed by atoms with Crippen molar-refractivity contribution in [3.63, 3.8) is 0 Å². The van der Waals surface area contributed by atoms with E-state index in [9.17, 15) is 24.5 Å². The minimum absolute atomic E-state index is 0.0300. The van der Waals surface area contributed by atoms with E-state index in [1.165, 1.54) is 12.1 Å². The summed E-state index contributed by atoms with van der Waals surface area (Å²) in [6.07, 6.45) is 4.55. The summed E-state index contributed by atoms with van der Waals surface area (Å²) in [5.74, 6) is -0.270. The van der Waals surface area contributed by atoms with Crippen LogP contribution in [0.5, 0.6) is 5.75 Å². The summed E-state index contributed by atoms with van der Waals surface area (Å²) in [6, 6.07) is 17.4. The first-order chi connectivity index (χ1) is 18.4. The van der Waals surface area contributed by atoms with Gasteiger partial charge >= 0.3 is 0 Å². The monoisotopic (exact) mass is 531 g/mol. The molecule has 0 spiro atoms. The molecule has 2 aliphatic rings. The topological polar surface area (TPSA) is 110 Å². The molecule has 5 rings (SSSR count). The van der Waals surface area contributed by atoms with Crippen LogP contribution in [-0.4, -0.2) is 51.4 Å². The third kappa shape index (κ3) is 5.40. The van der Waals surface area contributed by atoms with Gasteiger partial charge in [-0.25, -0.2) is 0 Å². The molecule has 0 saturated carbocycles. The molecule has 0 N–H and O–H groups in total. The van der Waals surface area contributed by atoms with Gasteiger partial charge in [0.2, 0.25) is 5.91 Å². The number of benzene rings is 3. The minimum Gasteiger partial charge on any atom is -0.488 e. The third-order valence-electron chi connectivity index (χ3n) is 6.60. The smallest absolute Gasteiger partial charge is 0.294 e. The Bertz CT molecular complexity index is 1460. The molecule has 2 heterocycles. The largest absolute Gasteiger partial charge is 0.488 e. The number of nitro benzene ring substituents is 1. The van der Waals surface area contributed by atoms with Crippen LogP contribution in [0.25, 0.3) is 16.8 Å². The Morgan fingerprint density at radius 3 is 2.61 bits per heavy atom. The minimum atomic E-state index is -0.511. The van der Waals surface area contributed by atoms with Gasteiger partial charge in [-0.05, 0) is 59.5 Å². The van der Waals surface area contributed by atoms with Crippen LogP contribution in [0.4, 0.5) is 10.5 Å². The highest BCUT2D eigenvalue weighted by Crippen LogP contribution is 2.37. The van der Waals surface area contributed by atoms with Gasteiger partial charge in [0.25, 0.3) is 16.8 Å². The molecule has 3 amide bonds. The van der Waals surface area contributed by atoms with Crippen LogP contribution in [-0.2, 0) is 16.2 Å². The number of imide groups is 1. The van der Waals surface area contributed by atoms with Crippen molar-refractivity contribution in [3.05, 3.63) is 86.8 Å². The van der Waals surface area contributed by atoms with Crippen LogP contribution in [0, 0.1) is 10.1 Å². The van der Waals surface area contributed by atoms with Crippen molar-refractivity contribution in [1.29, 1.82) is 0 Å². The molecule has 0 unspecified atom stereocenters. The Morgan fingerprint density at radius 2 is 1.82 bits per heavy atom. The molecule has 0 atom stereocenters. The van der Waals surface area contributed by atoms with Crippen molar-refractivity contribution >= 4 is 51.4 Å². The van der Waals surface area contributed by atoms with Gasteiger partial charge in [0, 0.05) is 30.8 Å². The van der Waals surface area contributed by atoms with Gasteiger partial charge in [-0.3, -0.25) is 29.4 Å². The van der Waals surface area contributed by atoms with Crippen LogP contribution in [0.15, 0.2) is 65.6 Å². The van der Waals surface area contributed by atoms with E-state index < -0.39 is 16.1 Å². The van der Waals surface area contributed by atoms with Gasteiger partial charge in [0.15, 0.2) is 0 Å². The highest BCUT2D eigenvalue weighted by molar-refractivity contribution is 8.18. The quantitative estimate of drug-likeness (QED) is 0.229. The van der Waals surface area contributed by atoms with Gasteiger partial charge in [0.1, 0.15) is 18.9 Å². The summed E-state index contributed by atoms with van der Waals surface area (Å²) < 4.78 is 6.06. The molecule has 0 aromatic heterocycles. The van der Waals surface area contributed by atoms with Crippen LogP contribution < -0.4 is 4.74 Å². The molecule has 2 fully saturated rings. The second-order valence-corrected chi connectivity index (χ2v) is 10.1. The fourth-order valence-corrected chi connectivity index (χ4v) is 5.44. The van der Waals surface area contributed by atoms with Crippen LogP contribution >= 0.6 is 11.8 Å². The van der Waals surface area contributed by atoms with Crippen molar-refractivity contribution in [2.45, 2.75) is 25.9 Å². The van der Waals surface area contributed by atoms with Crippen LogP contribution in [0.2, 0.25) is 0 Å². The van der Waals surface area contributed by atoms with Crippen molar-refractivity contribution < 1.29 is 24.0 Å². The van der Waals surface area contributed by atoms with Crippen molar-refractivity contribution in [2.75, 3.05) is 19.6 Å². The molecule has 9 nitrogen and oxygen atoms in total. The zero-order chi connectivity index (χ0) is 26.6. The third-order valence-corrected chi connectivity index (χ3v) is 7.50. The first-order valence-corrected chi connectivity index (χ1v) is 13.1. The van der Waals surface area contributed by atoms with E-state index in [2.05, 4.69) is 0 Å². The maximum absolute atomic E-state index is 13.2. The summed E-state index contributed by atoms with van der Waals surface area (Å²) in [5.41, 5.74) is 1.20. The number of hydrogen-bond donors (Lipinski definition) is 0. The van der Waals surface area contributed by atoms with Crippen molar-refractivity contribution in [2.24, 2.45) is 0 Å². The number of rotatable bonds is 7. The highest BCUT2D eigenvalue weighted by Gasteiger charge is 2.37. The number of amides is 3. The van der Waals surface area contributed by atoms with Crippen LogP contribution in [0.1, 0.15) is 30.4 Å². The molecule has 0 aliphatic carbocycles. The fourth-order valence-electron chi connectivity index (χ4n) is 4.62. The van der Waals surface area contributed by atoms with E-state index >= 15 is 0 Å². The molecule has 10 heteroatoms. The number of carbonyl (C=O) groups is 3. The van der Waals surface area contributed by atoms with Gasteiger partial charge in [-0.15, -0.1) is 0 Å². The summed E-state index contributed by atoms with van der Waals surface area (Å²) >= 11 is 0.799. The number of hydrogen-bond acceptors (Lipinski definition) is 7. The molecule has 194 valence electrons. The van der Waals surface area contributed by atoms with Crippen molar-refractivity contribution in [1.82, 2.24) is 9.80 Å². The number of likely N-dealkylation sites (tertiary alicyclic amines) is 1. The van der Waals surface area contributed by atoms with E-state index in [4.69, 9.17) is 4.74 Å². The van der Waals surface area contributed by atoms with E-state index in [0.29, 0.717) is 30.0 Å². The summed E-state index contributed by atoms with van der Waals surface area (Å²) in [4.78, 5) is 52.2. The van der Waals surface area contributed by atoms with Gasteiger partial charge in [-0.1, -0.05) is 42.5 Å². The SMILES string of the molecule is O=C(CN1C(=O)S/C(=C\c2c(OCc3cccc([N+](=O)[O-])c3)ccc3ccccc23)C1=O)N1CCCCC1. The Kier molecular flexibility index (Phi) is 7.41. The Morgan fingerprint density at radius 1 is 1.03 bits per heavy atom. The molecular formula is C28H25N3O6S. The predicted molar refractivity (Wildman–Crippen MR) is 144 cm³/mol. The van der Waals surface area contributed by atoms with Gasteiger partial charge in [-0.2, -0.15) is 0 Å². The maximum atomic E-state index is 13.2. The molecule has 3 aromatic rings. The fraction of sp³-hybridized carbons (Fsp3) is 0.250. The van der Waals surface area contributed by atoms with Crippen molar-refractivity contribution in [3.8, 4) is 5.75 Å². The zero-order valence-electron chi connectivity index (χ0n) is 20.5. The molecule has 0 radical (unpaired) electrons. The Hall–Kier alpha value is -4.18. The second kappa shape index (κ2) is 11.1. The lowest BCUT2D eigenvalue weighted by molar-refractivity contribution is -0.384. The number of piperidine rings is 1. The molecule has 0 bridgehead atoms. The molecule has 38 heavy (non-hydrogen) atoms. The first-order valence-electron chi connectivity index (χ1n) is 12.3. The number of non-ortho nitro benzene ring substituents is 1. The Balaban J connectivity index is 1.42. The maximum Gasteiger partial charge on any atom is 0.294 e. The van der Waals surface area contributed by atoms with E-state index in [1.54, 1.807) is 29.2 Å². The second-order valence-electron chi connectivity index (χ2n) is 9.12. The normalized spacial score (nSPS) is 16.9. The summed E-state index contributed by atoms with van der Waals surface area (Å²) in [7, 11) is 0. The molecule has 3 aromatic carbocycles. The number of ether oxygens (including phenoxy) is 1. The number of thioether (sulfide) groups is 1. The summed E-state index contributed by atoms with van der Waals surface area (Å²) in [5, 5.41) is 12.4. The number of carbonyl (C=O) groups excluding carboxylic acids is 3. The number of nitro groups is 1. The van der Waals surface area contributed by atoms with Gasteiger partial charge in [0.05, 0.1) is 9.83 Å². The number of fused-ring (bicyclic) bond motifs is 1. The molecule has 2 aliphatic heterocycles. The van der Waals surface area contributed by atoms with E-state index in [1.807, 2.05) is 30.3 Å². The van der Waals surface area contributed by atoms with Crippen LogP contribution in [0.3, 0.4) is 0 Å². The number of nitrogens with zero attached hydrogens (tertiary/aromatic N) is 3. The lowest BCUT2D eigenvalue weighted by atomic mass is 10.0. The first kappa shape index (κ1) is 25.5. The van der Waals surface area contributed by atoms with E-state index in [-0.39, 0.29) is 29.7 Å². The predicted octanol–water partition coefficient (Wildman–Crippen LogP) is 5.38. The average molecular weight is 532 g/mol. The molecule has 2 saturated heterocycles. The molecular weight excluding hydrogens is 506 g/mol. The average Bonchev–Trinajstić information content (AvgIpc) is 3.20. The van der Waals surface area contributed by atoms with E-state index in [0.717, 1.165) is 46.7 Å². The van der Waals surface area contributed by atoms with Gasteiger partial charge < -0.3 is 9.64 Å².